The normalized spacial score (nSPS) is 41.6. The average molecular weight is 333 g/mol. The van der Waals surface area contributed by atoms with Gasteiger partial charge in [0.25, 0.3) is 0 Å². The van der Waals surface area contributed by atoms with Crippen molar-refractivity contribution < 1.29 is 9.53 Å². The molecule has 4 aliphatic rings. The van der Waals surface area contributed by atoms with E-state index in [-0.39, 0.29) is 16.0 Å². The molecule has 1 spiro atoms. The fourth-order valence-corrected chi connectivity index (χ4v) is 8.43. The number of thioether (sulfide) groups is 2. The van der Waals surface area contributed by atoms with Gasteiger partial charge in [0.15, 0.2) is 0 Å². The first kappa shape index (κ1) is 13.8. The van der Waals surface area contributed by atoms with Gasteiger partial charge in [-0.15, -0.1) is 23.5 Å². The van der Waals surface area contributed by atoms with Crippen molar-refractivity contribution >= 4 is 29.4 Å². The van der Waals surface area contributed by atoms with Crippen LogP contribution >= 0.6 is 23.5 Å². The first-order valence-electron chi connectivity index (χ1n) is 7.96. The summed E-state index contributed by atoms with van der Waals surface area (Å²) in [6.45, 7) is 2.76. The molecular weight excluding hydrogens is 314 g/mol. The fraction of sp³-hybridized carbons (Fsp3) is 0.588. The Hall–Kier alpha value is -0.650. The highest BCUT2D eigenvalue weighted by molar-refractivity contribution is 8.21. The quantitative estimate of drug-likeness (QED) is 0.790. The van der Waals surface area contributed by atoms with Gasteiger partial charge in [-0.3, -0.25) is 4.79 Å². The Labute approximate surface area is 139 Å². The molecule has 1 aromatic carbocycles. The molecule has 22 heavy (non-hydrogen) atoms. The van der Waals surface area contributed by atoms with E-state index < -0.39 is 5.72 Å². The molecule has 0 N–H and O–H groups in total. The second-order valence-electron chi connectivity index (χ2n) is 6.80. The Bertz CT molecular complexity index is 631. The van der Waals surface area contributed by atoms with Crippen molar-refractivity contribution in [1.82, 2.24) is 4.90 Å². The van der Waals surface area contributed by atoms with Crippen molar-refractivity contribution in [2.75, 3.05) is 18.1 Å². The summed E-state index contributed by atoms with van der Waals surface area (Å²) in [6, 6.07) is 10.4. The molecule has 4 fully saturated rings. The Morgan fingerprint density at radius 2 is 1.95 bits per heavy atom. The molecule has 0 radical (unpaired) electrons. The number of ether oxygens (including phenoxy) is 1. The maximum atomic E-state index is 13.2. The highest BCUT2D eigenvalue weighted by Gasteiger charge is 2.74. The minimum atomic E-state index is -0.392. The van der Waals surface area contributed by atoms with Gasteiger partial charge in [0.1, 0.15) is 5.72 Å². The molecule has 3 saturated heterocycles. The first-order valence-corrected chi connectivity index (χ1v) is 9.93. The number of hydrogen-bond donors (Lipinski definition) is 0. The smallest absolute Gasteiger partial charge is 0.231 e. The lowest BCUT2D eigenvalue weighted by Crippen LogP contribution is -2.53. The van der Waals surface area contributed by atoms with E-state index in [0.717, 1.165) is 6.42 Å². The molecule has 0 bridgehead atoms. The standard InChI is InChI=1S/C17H19NO2S2/c1-16-12-9-17(21-7-8-22-17)14(12)15(19)18(16)13(10-20-16)11-5-3-2-4-6-11/h2-6,12-14H,7-10H2,1H3/t12-,13-,14-,16+/m0/s1. The maximum absolute atomic E-state index is 13.2. The summed E-state index contributed by atoms with van der Waals surface area (Å²) in [4.78, 5) is 15.3. The second-order valence-corrected chi connectivity index (χ2v) is 9.91. The zero-order valence-corrected chi connectivity index (χ0v) is 14.2. The zero-order chi connectivity index (χ0) is 14.9. The van der Waals surface area contributed by atoms with Gasteiger partial charge in [0, 0.05) is 17.4 Å². The number of carbonyl (C=O) groups excluding carboxylic acids is 1. The van der Waals surface area contributed by atoms with Crippen LogP contribution in [0.15, 0.2) is 30.3 Å². The Kier molecular flexibility index (Phi) is 2.79. The van der Waals surface area contributed by atoms with Crippen molar-refractivity contribution in [2.45, 2.75) is 29.2 Å². The molecule has 4 atom stereocenters. The van der Waals surface area contributed by atoms with E-state index in [9.17, 15) is 4.79 Å². The summed E-state index contributed by atoms with van der Waals surface area (Å²) < 4.78 is 6.38. The summed E-state index contributed by atoms with van der Waals surface area (Å²) in [7, 11) is 0. The van der Waals surface area contributed by atoms with Crippen molar-refractivity contribution in [1.29, 1.82) is 0 Å². The van der Waals surface area contributed by atoms with Gasteiger partial charge < -0.3 is 9.64 Å². The van der Waals surface area contributed by atoms with Crippen LogP contribution in [-0.2, 0) is 9.53 Å². The third kappa shape index (κ3) is 1.53. The molecule has 1 saturated carbocycles. The van der Waals surface area contributed by atoms with Crippen LogP contribution in [0.2, 0.25) is 0 Å². The summed E-state index contributed by atoms with van der Waals surface area (Å²) in [5.41, 5.74) is 0.804. The summed E-state index contributed by atoms with van der Waals surface area (Å²) >= 11 is 4.01. The molecule has 1 aromatic rings. The van der Waals surface area contributed by atoms with Gasteiger partial charge in [-0.2, -0.15) is 0 Å². The molecule has 3 nitrogen and oxygen atoms in total. The van der Waals surface area contributed by atoms with Crippen LogP contribution in [0.1, 0.15) is 24.9 Å². The van der Waals surface area contributed by atoms with Crippen LogP contribution in [0.25, 0.3) is 0 Å². The molecule has 0 aromatic heterocycles. The monoisotopic (exact) mass is 333 g/mol. The van der Waals surface area contributed by atoms with Gasteiger partial charge in [-0.1, -0.05) is 30.3 Å². The third-order valence-electron chi connectivity index (χ3n) is 5.86. The van der Waals surface area contributed by atoms with E-state index in [0.29, 0.717) is 18.4 Å². The largest absolute Gasteiger partial charge is 0.353 e. The number of hydrogen-bond acceptors (Lipinski definition) is 4. The molecule has 1 amide bonds. The van der Waals surface area contributed by atoms with Crippen molar-refractivity contribution in [2.24, 2.45) is 11.8 Å². The van der Waals surface area contributed by atoms with E-state index >= 15 is 0 Å². The maximum Gasteiger partial charge on any atom is 0.231 e. The zero-order valence-electron chi connectivity index (χ0n) is 12.5. The lowest BCUT2D eigenvalue weighted by molar-refractivity contribution is -0.138. The number of fused-ring (bicyclic) bond motifs is 4. The van der Waals surface area contributed by atoms with Gasteiger partial charge >= 0.3 is 0 Å². The predicted octanol–water partition coefficient (Wildman–Crippen LogP) is 3.13. The first-order chi connectivity index (χ1) is 10.7. The van der Waals surface area contributed by atoms with E-state index in [1.54, 1.807) is 0 Å². The Morgan fingerprint density at radius 1 is 1.23 bits per heavy atom. The fourth-order valence-electron chi connectivity index (χ4n) is 4.75. The molecule has 3 heterocycles. The van der Waals surface area contributed by atoms with E-state index in [2.05, 4.69) is 24.0 Å². The Morgan fingerprint density at radius 3 is 2.68 bits per heavy atom. The molecule has 5 heteroatoms. The van der Waals surface area contributed by atoms with E-state index in [1.807, 2.05) is 41.7 Å². The molecule has 5 rings (SSSR count). The summed E-state index contributed by atoms with van der Waals surface area (Å²) in [6.07, 6.45) is 1.12. The van der Waals surface area contributed by atoms with Gasteiger partial charge in [0.2, 0.25) is 5.91 Å². The second kappa shape index (κ2) is 4.46. The molecular formula is C17H19NO2S2. The van der Waals surface area contributed by atoms with E-state index in [4.69, 9.17) is 4.74 Å². The van der Waals surface area contributed by atoms with Crippen LogP contribution < -0.4 is 0 Å². The summed E-state index contributed by atoms with van der Waals surface area (Å²) in [5.74, 6) is 3.21. The van der Waals surface area contributed by atoms with Gasteiger partial charge in [0.05, 0.1) is 22.6 Å². The predicted molar refractivity (Wildman–Crippen MR) is 89.6 cm³/mol. The molecule has 116 valence electrons. The van der Waals surface area contributed by atoms with Crippen LogP contribution in [0, 0.1) is 11.8 Å². The van der Waals surface area contributed by atoms with E-state index in [1.165, 1.54) is 17.1 Å². The van der Waals surface area contributed by atoms with Gasteiger partial charge in [-0.05, 0) is 18.9 Å². The highest BCUT2D eigenvalue weighted by Crippen LogP contribution is 2.70. The SMILES string of the molecule is C[C@]12OC[C@@H](c3ccccc3)N1C(=O)[C@@H]1[C@@H]2CC12SCCS2. The lowest BCUT2D eigenvalue weighted by Gasteiger charge is -2.49. The third-order valence-corrected chi connectivity index (χ3v) is 9.46. The van der Waals surface area contributed by atoms with Crippen molar-refractivity contribution in [3.63, 3.8) is 0 Å². The highest BCUT2D eigenvalue weighted by atomic mass is 32.2. The number of benzene rings is 1. The Balaban J connectivity index is 1.52. The lowest BCUT2D eigenvalue weighted by atomic mass is 9.70. The van der Waals surface area contributed by atoms with Crippen LogP contribution in [-0.4, -0.2) is 38.7 Å². The topological polar surface area (TPSA) is 29.5 Å². The van der Waals surface area contributed by atoms with Crippen LogP contribution in [0.3, 0.4) is 0 Å². The molecule has 3 aliphatic heterocycles. The molecule has 1 aliphatic carbocycles. The van der Waals surface area contributed by atoms with Gasteiger partial charge in [-0.25, -0.2) is 0 Å². The number of rotatable bonds is 1. The minimum absolute atomic E-state index is 0.0813. The van der Waals surface area contributed by atoms with Crippen LogP contribution in [0.5, 0.6) is 0 Å². The molecule has 0 unspecified atom stereocenters. The van der Waals surface area contributed by atoms with Crippen molar-refractivity contribution in [3.8, 4) is 0 Å². The minimum Gasteiger partial charge on any atom is -0.353 e. The number of nitrogens with zero attached hydrogens (tertiary/aromatic N) is 1. The number of carbonyl (C=O) groups is 1. The average Bonchev–Trinajstić information content (AvgIpc) is 3.15. The summed E-state index contributed by atoms with van der Waals surface area (Å²) in [5, 5.41) is 0. The van der Waals surface area contributed by atoms with Crippen LogP contribution in [0.4, 0.5) is 0 Å². The van der Waals surface area contributed by atoms with Crippen molar-refractivity contribution in [3.05, 3.63) is 35.9 Å². The number of amides is 1.